The van der Waals surface area contributed by atoms with E-state index in [2.05, 4.69) is 32.3 Å². The number of nitrogens with zero attached hydrogens (tertiary/aromatic N) is 2. The SMILES string of the molecule is Cc1nc2scc(C)n2c1CNC(C)C(=O)NC1CC1. The second-order valence-electron chi connectivity index (χ2n) is 5.52. The summed E-state index contributed by atoms with van der Waals surface area (Å²) in [4.78, 5) is 17.5. The van der Waals surface area contributed by atoms with Crippen LogP contribution in [0.3, 0.4) is 0 Å². The Bertz CT molecular complexity index is 641. The van der Waals surface area contributed by atoms with E-state index in [0.717, 1.165) is 29.2 Å². The number of aromatic nitrogens is 2. The van der Waals surface area contributed by atoms with Gasteiger partial charge in [0.1, 0.15) is 0 Å². The van der Waals surface area contributed by atoms with Crippen LogP contribution in [0.2, 0.25) is 0 Å². The van der Waals surface area contributed by atoms with Crippen molar-refractivity contribution in [2.45, 2.75) is 52.2 Å². The first-order valence-electron chi connectivity index (χ1n) is 7.02. The zero-order chi connectivity index (χ0) is 14.3. The van der Waals surface area contributed by atoms with Crippen LogP contribution in [-0.2, 0) is 11.3 Å². The molecule has 2 N–H and O–H groups in total. The number of aryl methyl sites for hydroxylation is 2. The molecule has 1 aliphatic carbocycles. The van der Waals surface area contributed by atoms with Crippen LogP contribution in [0.1, 0.15) is 36.8 Å². The molecule has 2 heterocycles. The number of carbonyl (C=O) groups is 1. The van der Waals surface area contributed by atoms with Gasteiger partial charge < -0.3 is 10.6 Å². The largest absolute Gasteiger partial charge is 0.352 e. The predicted octanol–water partition coefficient (Wildman–Crippen LogP) is 1.77. The first-order valence-corrected chi connectivity index (χ1v) is 7.90. The van der Waals surface area contributed by atoms with Crippen LogP contribution in [0.15, 0.2) is 5.38 Å². The third-order valence-electron chi connectivity index (χ3n) is 3.72. The van der Waals surface area contributed by atoms with Crippen molar-refractivity contribution in [3.05, 3.63) is 22.5 Å². The number of fused-ring (bicyclic) bond motifs is 1. The zero-order valence-electron chi connectivity index (χ0n) is 12.1. The number of nitrogens with one attached hydrogen (secondary N) is 2. The molecule has 0 radical (unpaired) electrons. The fourth-order valence-electron chi connectivity index (χ4n) is 2.27. The number of hydrogen-bond donors (Lipinski definition) is 2. The normalized spacial score (nSPS) is 16.6. The molecule has 3 rings (SSSR count). The Morgan fingerprint density at radius 3 is 3.00 bits per heavy atom. The van der Waals surface area contributed by atoms with Crippen molar-refractivity contribution < 1.29 is 4.79 Å². The summed E-state index contributed by atoms with van der Waals surface area (Å²) in [5.41, 5.74) is 3.37. The second kappa shape index (κ2) is 5.18. The van der Waals surface area contributed by atoms with Crippen molar-refractivity contribution in [2.75, 3.05) is 0 Å². The molecule has 2 aromatic rings. The molecule has 2 aromatic heterocycles. The lowest BCUT2D eigenvalue weighted by atomic mass is 10.2. The monoisotopic (exact) mass is 292 g/mol. The van der Waals surface area contributed by atoms with E-state index in [-0.39, 0.29) is 11.9 Å². The number of rotatable bonds is 5. The highest BCUT2D eigenvalue weighted by Crippen LogP contribution is 2.21. The quantitative estimate of drug-likeness (QED) is 0.883. The molecule has 1 saturated carbocycles. The molecule has 6 heteroatoms. The molecule has 108 valence electrons. The Hall–Kier alpha value is -1.40. The first-order chi connectivity index (χ1) is 9.56. The first kappa shape index (κ1) is 13.6. The lowest BCUT2D eigenvalue weighted by Crippen LogP contribution is -2.42. The molecule has 0 aliphatic heterocycles. The van der Waals surface area contributed by atoms with E-state index in [1.54, 1.807) is 11.3 Å². The number of thiazole rings is 1. The minimum atomic E-state index is -0.181. The van der Waals surface area contributed by atoms with Crippen molar-refractivity contribution in [3.63, 3.8) is 0 Å². The maximum absolute atomic E-state index is 11.9. The van der Waals surface area contributed by atoms with Crippen molar-refractivity contribution in [1.82, 2.24) is 20.0 Å². The van der Waals surface area contributed by atoms with Gasteiger partial charge in [-0.25, -0.2) is 4.98 Å². The highest BCUT2D eigenvalue weighted by molar-refractivity contribution is 7.15. The standard InChI is InChI=1S/C14H20N4OS/c1-8-7-20-14-16-9(2)12(18(8)14)6-15-10(3)13(19)17-11-4-5-11/h7,10-11,15H,4-6H2,1-3H3,(H,17,19). The van der Waals surface area contributed by atoms with Gasteiger partial charge in [-0.15, -0.1) is 11.3 Å². The molecule has 5 nitrogen and oxygen atoms in total. The van der Waals surface area contributed by atoms with Gasteiger partial charge in [0.15, 0.2) is 4.96 Å². The molecule has 0 aromatic carbocycles. The van der Waals surface area contributed by atoms with Crippen molar-refractivity contribution >= 4 is 22.2 Å². The molecular weight excluding hydrogens is 272 g/mol. The molecule has 1 fully saturated rings. The average molecular weight is 292 g/mol. The fraction of sp³-hybridized carbons (Fsp3) is 0.571. The third kappa shape index (κ3) is 2.58. The smallest absolute Gasteiger partial charge is 0.237 e. The molecule has 1 amide bonds. The summed E-state index contributed by atoms with van der Waals surface area (Å²) in [6, 6.07) is 0.230. The van der Waals surface area contributed by atoms with E-state index in [1.807, 2.05) is 13.8 Å². The molecule has 1 aliphatic rings. The number of amides is 1. The van der Waals surface area contributed by atoms with Gasteiger partial charge in [0.2, 0.25) is 5.91 Å². The Labute approximate surface area is 122 Å². The van der Waals surface area contributed by atoms with Gasteiger partial charge in [-0.3, -0.25) is 9.20 Å². The Morgan fingerprint density at radius 1 is 1.55 bits per heavy atom. The highest BCUT2D eigenvalue weighted by Gasteiger charge is 2.25. The van der Waals surface area contributed by atoms with Crippen molar-refractivity contribution in [3.8, 4) is 0 Å². The maximum Gasteiger partial charge on any atom is 0.237 e. The maximum atomic E-state index is 11.9. The van der Waals surface area contributed by atoms with E-state index in [9.17, 15) is 4.79 Å². The highest BCUT2D eigenvalue weighted by atomic mass is 32.1. The van der Waals surface area contributed by atoms with E-state index in [1.165, 1.54) is 5.69 Å². The Morgan fingerprint density at radius 2 is 2.30 bits per heavy atom. The summed E-state index contributed by atoms with van der Waals surface area (Å²) >= 11 is 1.65. The minimum Gasteiger partial charge on any atom is -0.352 e. The summed E-state index contributed by atoms with van der Waals surface area (Å²) < 4.78 is 2.17. The second-order valence-corrected chi connectivity index (χ2v) is 6.36. The lowest BCUT2D eigenvalue weighted by Gasteiger charge is -2.14. The molecule has 1 atom stereocenters. The predicted molar refractivity (Wildman–Crippen MR) is 80.0 cm³/mol. The van der Waals surface area contributed by atoms with Gasteiger partial charge >= 0.3 is 0 Å². The van der Waals surface area contributed by atoms with Crippen LogP contribution in [0.5, 0.6) is 0 Å². The fourth-order valence-corrected chi connectivity index (χ4v) is 3.20. The summed E-state index contributed by atoms with van der Waals surface area (Å²) in [6.07, 6.45) is 2.24. The summed E-state index contributed by atoms with van der Waals surface area (Å²) in [6.45, 7) is 6.66. The van der Waals surface area contributed by atoms with Crippen LogP contribution in [0, 0.1) is 13.8 Å². The van der Waals surface area contributed by atoms with E-state index in [0.29, 0.717) is 12.6 Å². The summed E-state index contributed by atoms with van der Waals surface area (Å²) in [5.74, 6) is 0.0907. The van der Waals surface area contributed by atoms with Gasteiger partial charge in [0.25, 0.3) is 0 Å². The topological polar surface area (TPSA) is 58.4 Å². The van der Waals surface area contributed by atoms with Crippen LogP contribution >= 0.6 is 11.3 Å². The van der Waals surface area contributed by atoms with Crippen LogP contribution in [-0.4, -0.2) is 27.4 Å². The van der Waals surface area contributed by atoms with Crippen LogP contribution in [0.4, 0.5) is 0 Å². The number of hydrogen-bond acceptors (Lipinski definition) is 4. The molecule has 0 saturated heterocycles. The van der Waals surface area contributed by atoms with E-state index < -0.39 is 0 Å². The third-order valence-corrected chi connectivity index (χ3v) is 4.67. The van der Waals surface area contributed by atoms with Crippen molar-refractivity contribution in [1.29, 1.82) is 0 Å². The van der Waals surface area contributed by atoms with E-state index >= 15 is 0 Å². The zero-order valence-corrected chi connectivity index (χ0v) is 12.9. The van der Waals surface area contributed by atoms with Crippen LogP contribution in [0.25, 0.3) is 4.96 Å². The molecule has 0 spiro atoms. The van der Waals surface area contributed by atoms with Gasteiger partial charge in [0.05, 0.1) is 17.4 Å². The molecule has 1 unspecified atom stereocenters. The van der Waals surface area contributed by atoms with Gasteiger partial charge in [-0.1, -0.05) is 0 Å². The Kier molecular flexibility index (Phi) is 3.52. The summed E-state index contributed by atoms with van der Waals surface area (Å²) in [5, 5.41) is 8.43. The van der Waals surface area contributed by atoms with Crippen LogP contribution < -0.4 is 10.6 Å². The number of carbonyl (C=O) groups excluding carboxylic acids is 1. The molecule has 20 heavy (non-hydrogen) atoms. The van der Waals surface area contributed by atoms with Gasteiger partial charge in [-0.2, -0.15) is 0 Å². The molecule has 0 bridgehead atoms. The van der Waals surface area contributed by atoms with Crippen molar-refractivity contribution in [2.24, 2.45) is 0 Å². The van der Waals surface area contributed by atoms with Gasteiger partial charge in [0, 0.05) is 23.7 Å². The summed E-state index contributed by atoms with van der Waals surface area (Å²) in [7, 11) is 0. The average Bonchev–Trinajstić information content (AvgIpc) is 3.07. The minimum absolute atomic E-state index is 0.0907. The van der Waals surface area contributed by atoms with Gasteiger partial charge in [-0.05, 0) is 33.6 Å². The Balaban J connectivity index is 1.68. The van der Waals surface area contributed by atoms with E-state index in [4.69, 9.17) is 0 Å². The lowest BCUT2D eigenvalue weighted by molar-refractivity contribution is -0.122. The molecular formula is C14H20N4OS. The number of imidazole rings is 1.